The molecule has 3 rings (SSSR count). The molecule has 0 spiro atoms. The standard InChI is InChI=1S/C13H23N7/c1-2-5-9-8-10(9)15-11-16-12(19-14)18-13(17-11)20-6-3-4-7-20/h9-10H,2-8,14H2,1H3,(H2,15,16,17,18,19). The first-order valence-corrected chi connectivity index (χ1v) is 7.54. The minimum atomic E-state index is 0.428. The Morgan fingerprint density at radius 3 is 2.65 bits per heavy atom. The van der Waals surface area contributed by atoms with Gasteiger partial charge in [0.1, 0.15) is 0 Å². The van der Waals surface area contributed by atoms with E-state index in [4.69, 9.17) is 5.84 Å². The molecular formula is C13H23N7. The molecule has 2 heterocycles. The summed E-state index contributed by atoms with van der Waals surface area (Å²) in [7, 11) is 0. The van der Waals surface area contributed by atoms with Gasteiger partial charge in [-0.05, 0) is 31.6 Å². The van der Waals surface area contributed by atoms with Crippen LogP contribution < -0.4 is 21.5 Å². The van der Waals surface area contributed by atoms with Gasteiger partial charge in [-0.1, -0.05) is 13.3 Å². The number of nitrogens with two attached hydrogens (primary N) is 1. The zero-order valence-corrected chi connectivity index (χ0v) is 12.0. The highest BCUT2D eigenvalue weighted by Gasteiger charge is 2.36. The zero-order valence-electron chi connectivity index (χ0n) is 12.0. The lowest BCUT2D eigenvalue weighted by atomic mass is 10.2. The second-order valence-electron chi connectivity index (χ2n) is 5.66. The van der Waals surface area contributed by atoms with Gasteiger partial charge >= 0.3 is 0 Å². The maximum absolute atomic E-state index is 5.46. The van der Waals surface area contributed by atoms with Crippen LogP contribution in [0.25, 0.3) is 0 Å². The monoisotopic (exact) mass is 277 g/mol. The summed E-state index contributed by atoms with van der Waals surface area (Å²) in [5.41, 5.74) is 2.53. The lowest BCUT2D eigenvalue weighted by Gasteiger charge is -2.16. The van der Waals surface area contributed by atoms with Gasteiger partial charge in [-0.3, -0.25) is 5.43 Å². The predicted octanol–water partition coefficient (Wildman–Crippen LogP) is 1.36. The van der Waals surface area contributed by atoms with Crippen LogP contribution in [-0.4, -0.2) is 34.1 Å². The van der Waals surface area contributed by atoms with Crippen LogP contribution in [0.1, 0.15) is 39.0 Å². The number of anilines is 3. The molecule has 110 valence electrons. The van der Waals surface area contributed by atoms with Gasteiger partial charge in [0.15, 0.2) is 0 Å². The van der Waals surface area contributed by atoms with Crippen LogP contribution in [0.15, 0.2) is 0 Å². The maximum atomic E-state index is 5.46. The Kier molecular flexibility index (Phi) is 3.86. The van der Waals surface area contributed by atoms with Gasteiger partial charge in [-0.2, -0.15) is 15.0 Å². The lowest BCUT2D eigenvalue weighted by molar-refractivity contribution is 0.691. The summed E-state index contributed by atoms with van der Waals surface area (Å²) in [6, 6.07) is 0.509. The van der Waals surface area contributed by atoms with Crippen LogP contribution in [0.2, 0.25) is 0 Å². The summed E-state index contributed by atoms with van der Waals surface area (Å²) >= 11 is 0. The molecule has 1 aliphatic heterocycles. The molecule has 1 saturated carbocycles. The van der Waals surface area contributed by atoms with Gasteiger partial charge in [-0.25, -0.2) is 5.84 Å². The number of aromatic nitrogens is 3. The highest BCUT2D eigenvalue weighted by atomic mass is 15.4. The van der Waals surface area contributed by atoms with Crippen molar-refractivity contribution in [1.29, 1.82) is 0 Å². The summed E-state index contributed by atoms with van der Waals surface area (Å²) in [6.07, 6.45) is 6.10. The third-order valence-corrected chi connectivity index (χ3v) is 4.04. The second-order valence-corrected chi connectivity index (χ2v) is 5.66. The van der Waals surface area contributed by atoms with Crippen molar-refractivity contribution in [2.75, 3.05) is 28.7 Å². The van der Waals surface area contributed by atoms with E-state index in [0.29, 0.717) is 17.9 Å². The zero-order chi connectivity index (χ0) is 13.9. The van der Waals surface area contributed by atoms with Crippen molar-refractivity contribution in [2.24, 2.45) is 11.8 Å². The molecule has 1 aromatic heterocycles. The molecule has 1 saturated heterocycles. The minimum Gasteiger partial charge on any atom is -0.351 e. The first-order chi connectivity index (χ1) is 9.80. The third kappa shape index (κ3) is 2.92. The number of rotatable bonds is 6. The molecule has 2 aliphatic rings. The molecule has 0 amide bonds. The third-order valence-electron chi connectivity index (χ3n) is 4.04. The van der Waals surface area contributed by atoms with E-state index in [1.54, 1.807) is 0 Å². The largest absolute Gasteiger partial charge is 0.351 e. The molecule has 2 atom stereocenters. The highest BCUT2D eigenvalue weighted by molar-refractivity contribution is 5.44. The molecule has 0 bridgehead atoms. The molecular weight excluding hydrogens is 254 g/mol. The normalized spacial score (nSPS) is 24.8. The van der Waals surface area contributed by atoms with Gasteiger partial charge < -0.3 is 10.2 Å². The van der Waals surface area contributed by atoms with Gasteiger partial charge in [0, 0.05) is 19.1 Å². The number of hydrogen-bond acceptors (Lipinski definition) is 7. The fourth-order valence-electron chi connectivity index (χ4n) is 2.83. The SMILES string of the molecule is CCCC1CC1Nc1nc(NN)nc(N2CCCC2)n1. The molecule has 7 nitrogen and oxygen atoms in total. The van der Waals surface area contributed by atoms with E-state index in [-0.39, 0.29) is 0 Å². The molecule has 20 heavy (non-hydrogen) atoms. The van der Waals surface area contributed by atoms with Crippen molar-refractivity contribution < 1.29 is 0 Å². The smallest absolute Gasteiger partial charge is 0.243 e. The molecule has 0 aromatic carbocycles. The fraction of sp³-hybridized carbons (Fsp3) is 0.769. The maximum Gasteiger partial charge on any atom is 0.243 e. The van der Waals surface area contributed by atoms with Gasteiger partial charge in [-0.15, -0.1) is 0 Å². The van der Waals surface area contributed by atoms with Crippen molar-refractivity contribution in [3.8, 4) is 0 Å². The first kappa shape index (κ1) is 13.4. The van der Waals surface area contributed by atoms with Crippen LogP contribution in [0.3, 0.4) is 0 Å². The number of nitrogens with one attached hydrogen (secondary N) is 2. The molecule has 0 radical (unpaired) electrons. The van der Waals surface area contributed by atoms with Crippen LogP contribution in [0, 0.1) is 5.92 Å². The Morgan fingerprint density at radius 1 is 1.20 bits per heavy atom. The average Bonchev–Trinajstić information content (AvgIpc) is 2.97. The van der Waals surface area contributed by atoms with E-state index in [2.05, 4.69) is 37.5 Å². The van der Waals surface area contributed by atoms with E-state index in [1.165, 1.54) is 32.1 Å². The van der Waals surface area contributed by atoms with Gasteiger partial charge in [0.2, 0.25) is 17.8 Å². The van der Waals surface area contributed by atoms with Gasteiger partial charge in [0.05, 0.1) is 0 Å². The topological polar surface area (TPSA) is 92.0 Å². The van der Waals surface area contributed by atoms with Crippen LogP contribution in [0.4, 0.5) is 17.8 Å². The van der Waals surface area contributed by atoms with E-state index >= 15 is 0 Å². The molecule has 1 aliphatic carbocycles. The summed E-state index contributed by atoms with van der Waals surface area (Å²) in [4.78, 5) is 15.4. The average molecular weight is 277 g/mol. The Morgan fingerprint density at radius 2 is 1.95 bits per heavy atom. The van der Waals surface area contributed by atoms with Crippen molar-refractivity contribution in [2.45, 2.75) is 45.1 Å². The van der Waals surface area contributed by atoms with E-state index < -0.39 is 0 Å². The van der Waals surface area contributed by atoms with Crippen LogP contribution in [-0.2, 0) is 0 Å². The minimum absolute atomic E-state index is 0.428. The molecule has 7 heteroatoms. The van der Waals surface area contributed by atoms with Crippen molar-refractivity contribution >= 4 is 17.8 Å². The van der Waals surface area contributed by atoms with Crippen molar-refractivity contribution in [3.05, 3.63) is 0 Å². The highest BCUT2D eigenvalue weighted by Crippen LogP contribution is 2.36. The van der Waals surface area contributed by atoms with E-state index in [9.17, 15) is 0 Å². The van der Waals surface area contributed by atoms with Crippen molar-refractivity contribution in [1.82, 2.24) is 15.0 Å². The number of hydrogen-bond donors (Lipinski definition) is 3. The number of nitrogens with zero attached hydrogens (tertiary/aromatic N) is 4. The van der Waals surface area contributed by atoms with E-state index in [1.807, 2.05) is 0 Å². The van der Waals surface area contributed by atoms with Gasteiger partial charge in [0.25, 0.3) is 0 Å². The summed E-state index contributed by atoms with van der Waals surface area (Å²) in [5, 5.41) is 3.40. The lowest BCUT2D eigenvalue weighted by Crippen LogP contribution is -2.23. The molecule has 4 N–H and O–H groups in total. The quantitative estimate of drug-likeness (QED) is 0.534. The van der Waals surface area contributed by atoms with Crippen LogP contribution in [0.5, 0.6) is 0 Å². The summed E-state index contributed by atoms with van der Waals surface area (Å²) in [5.74, 6) is 8.01. The van der Waals surface area contributed by atoms with E-state index in [0.717, 1.165) is 25.0 Å². The summed E-state index contributed by atoms with van der Waals surface area (Å²) < 4.78 is 0. The second kappa shape index (κ2) is 5.78. The first-order valence-electron chi connectivity index (χ1n) is 7.54. The molecule has 1 aromatic rings. The molecule has 2 unspecified atom stereocenters. The Bertz CT molecular complexity index is 458. The molecule has 2 fully saturated rings. The Balaban J connectivity index is 1.71. The van der Waals surface area contributed by atoms with Crippen molar-refractivity contribution in [3.63, 3.8) is 0 Å². The predicted molar refractivity (Wildman–Crippen MR) is 79.5 cm³/mol. The number of hydrazine groups is 1. The van der Waals surface area contributed by atoms with Crippen LogP contribution >= 0.6 is 0 Å². The fourth-order valence-corrected chi connectivity index (χ4v) is 2.83. The summed E-state index contributed by atoms with van der Waals surface area (Å²) in [6.45, 7) is 4.24. The Labute approximate surface area is 119 Å². The number of nitrogen functional groups attached to an aromatic ring is 1. The Hall–Kier alpha value is -1.63.